The summed E-state index contributed by atoms with van der Waals surface area (Å²) in [5, 5.41) is 0. The third-order valence-electron chi connectivity index (χ3n) is 8.49. The maximum Gasteiger partial charge on any atom is 0.129 e. The van der Waals surface area contributed by atoms with Crippen LogP contribution in [0.2, 0.25) is 0 Å². The van der Waals surface area contributed by atoms with E-state index in [0.717, 1.165) is 66.4 Å². The minimum atomic E-state index is 0.113. The molecule has 154 valence electrons. The van der Waals surface area contributed by atoms with Crippen molar-refractivity contribution in [1.29, 1.82) is 0 Å². The normalized spacial score (nSPS) is 32.9. The average molecular weight is 383 g/mol. The van der Waals surface area contributed by atoms with E-state index < -0.39 is 0 Å². The predicted molar refractivity (Wildman–Crippen MR) is 117 cm³/mol. The fraction of sp³-hybridized carbons (Fsp3) is 0.704. The third-order valence-corrected chi connectivity index (χ3v) is 8.49. The van der Waals surface area contributed by atoms with Gasteiger partial charge in [-0.25, -0.2) is 4.39 Å². The first-order valence-electron chi connectivity index (χ1n) is 12.1. The van der Waals surface area contributed by atoms with Crippen LogP contribution in [0.1, 0.15) is 88.3 Å². The predicted octanol–water partition coefficient (Wildman–Crippen LogP) is 7.68. The van der Waals surface area contributed by atoms with E-state index in [-0.39, 0.29) is 5.82 Å². The van der Waals surface area contributed by atoms with Gasteiger partial charge in [0.15, 0.2) is 0 Å². The molecule has 1 aromatic carbocycles. The van der Waals surface area contributed by atoms with E-state index in [2.05, 4.69) is 31.2 Å². The molecule has 0 bridgehead atoms. The summed E-state index contributed by atoms with van der Waals surface area (Å²) in [4.78, 5) is 0. The molecule has 2 saturated carbocycles. The molecule has 3 aliphatic carbocycles. The van der Waals surface area contributed by atoms with Crippen LogP contribution < -0.4 is 0 Å². The Labute approximate surface area is 172 Å². The van der Waals surface area contributed by atoms with Crippen molar-refractivity contribution in [2.24, 2.45) is 29.6 Å². The summed E-state index contributed by atoms with van der Waals surface area (Å²) in [6.07, 6.45) is 19.5. The Hall–Kier alpha value is -1.11. The highest BCUT2D eigenvalue weighted by Gasteiger charge is 2.38. The summed E-state index contributed by atoms with van der Waals surface area (Å²) in [6.45, 7) is 4.41. The van der Waals surface area contributed by atoms with E-state index in [1.54, 1.807) is 0 Å². The summed E-state index contributed by atoms with van der Waals surface area (Å²) in [5.41, 5.74) is 3.29. The summed E-state index contributed by atoms with van der Waals surface area (Å²) < 4.78 is 15.0. The molecule has 0 aromatic heterocycles. The van der Waals surface area contributed by atoms with Gasteiger partial charge in [0.05, 0.1) is 0 Å². The monoisotopic (exact) mass is 382 g/mol. The van der Waals surface area contributed by atoms with Gasteiger partial charge in [0.2, 0.25) is 0 Å². The lowest BCUT2D eigenvalue weighted by atomic mass is 9.61. The van der Waals surface area contributed by atoms with Gasteiger partial charge in [-0.1, -0.05) is 44.1 Å². The van der Waals surface area contributed by atoms with Crippen molar-refractivity contribution in [3.8, 4) is 0 Å². The molecule has 5 unspecified atom stereocenters. The Morgan fingerprint density at radius 1 is 0.964 bits per heavy atom. The minimum absolute atomic E-state index is 0.113. The second-order valence-electron chi connectivity index (χ2n) is 9.97. The molecule has 0 heterocycles. The van der Waals surface area contributed by atoms with Crippen LogP contribution in [0, 0.1) is 35.4 Å². The molecule has 0 saturated heterocycles. The molecule has 0 radical (unpaired) electrons. The lowest BCUT2D eigenvalue weighted by molar-refractivity contribution is 0.0707. The highest BCUT2D eigenvalue weighted by Crippen LogP contribution is 2.48. The van der Waals surface area contributed by atoms with Crippen LogP contribution in [-0.2, 0) is 19.3 Å². The summed E-state index contributed by atoms with van der Waals surface area (Å²) >= 11 is 0. The van der Waals surface area contributed by atoms with E-state index in [1.807, 2.05) is 6.92 Å². The van der Waals surface area contributed by atoms with Crippen LogP contribution >= 0.6 is 0 Å². The topological polar surface area (TPSA) is 0 Å². The molecule has 1 aromatic rings. The van der Waals surface area contributed by atoms with Crippen molar-refractivity contribution >= 4 is 0 Å². The lowest BCUT2D eigenvalue weighted by Crippen LogP contribution is -2.35. The Morgan fingerprint density at radius 3 is 2.50 bits per heavy atom. The first-order chi connectivity index (χ1) is 13.7. The number of allylic oxidation sites excluding steroid dienone is 2. The minimum Gasteiger partial charge on any atom is -0.206 e. The summed E-state index contributed by atoms with van der Waals surface area (Å²) in [6, 6.07) is 4.33. The zero-order valence-corrected chi connectivity index (χ0v) is 18.1. The van der Waals surface area contributed by atoms with Crippen molar-refractivity contribution in [1.82, 2.24) is 0 Å². The standard InChI is InChI=1S/C27H39F/c1-3-5-6-7-20-10-13-25-18-24(14-15-26(25)27(20)28)23-12-11-21-16-19(4-2)8-9-22(21)17-23/h3,5,10,13,19,21-24H,4,6-9,11-12,14-18H2,1-2H3/b5-3+. The average Bonchev–Trinajstić information content (AvgIpc) is 2.74. The van der Waals surface area contributed by atoms with Crippen molar-refractivity contribution in [3.63, 3.8) is 0 Å². The molecule has 28 heavy (non-hydrogen) atoms. The molecule has 5 atom stereocenters. The zero-order chi connectivity index (χ0) is 19.5. The molecular formula is C27H39F. The van der Waals surface area contributed by atoms with Gasteiger partial charge in [0, 0.05) is 0 Å². The molecule has 0 nitrogen and oxygen atoms in total. The van der Waals surface area contributed by atoms with Gasteiger partial charge in [-0.05, 0) is 117 Å². The second-order valence-corrected chi connectivity index (χ2v) is 9.97. The number of fused-ring (bicyclic) bond motifs is 2. The number of hydrogen-bond donors (Lipinski definition) is 0. The third kappa shape index (κ3) is 4.24. The first-order valence-corrected chi connectivity index (χ1v) is 12.1. The molecule has 3 aliphatic rings. The van der Waals surface area contributed by atoms with E-state index >= 15 is 4.39 Å². The van der Waals surface area contributed by atoms with Crippen LogP contribution in [0.3, 0.4) is 0 Å². The molecule has 0 spiro atoms. The highest BCUT2D eigenvalue weighted by atomic mass is 19.1. The largest absolute Gasteiger partial charge is 0.206 e. The fourth-order valence-electron chi connectivity index (χ4n) is 6.71. The highest BCUT2D eigenvalue weighted by molar-refractivity contribution is 5.36. The van der Waals surface area contributed by atoms with Crippen molar-refractivity contribution in [2.45, 2.75) is 90.9 Å². The molecule has 0 amide bonds. The number of rotatable bonds is 5. The maximum absolute atomic E-state index is 15.0. The number of aryl methyl sites for hydroxylation is 1. The summed E-state index contributed by atoms with van der Waals surface area (Å²) in [5.74, 6) is 4.82. The van der Waals surface area contributed by atoms with Gasteiger partial charge in [0.25, 0.3) is 0 Å². The quantitative estimate of drug-likeness (QED) is 0.458. The fourth-order valence-corrected chi connectivity index (χ4v) is 6.71. The molecule has 0 N–H and O–H groups in total. The Kier molecular flexibility index (Phi) is 6.59. The smallest absolute Gasteiger partial charge is 0.129 e. The molecular weight excluding hydrogens is 343 g/mol. The van der Waals surface area contributed by atoms with Gasteiger partial charge in [0.1, 0.15) is 5.82 Å². The first kappa shape index (κ1) is 20.2. The van der Waals surface area contributed by atoms with Crippen LogP contribution in [0.4, 0.5) is 4.39 Å². The molecule has 0 aliphatic heterocycles. The number of halogens is 1. The van der Waals surface area contributed by atoms with Crippen LogP contribution in [0.15, 0.2) is 24.3 Å². The summed E-state index contributed by atoms with van der Waals surface area (Å²) in [7, 11) is 0. The Morgan fingerprint density at radius 2 is 1.71 bits per heavy atom. The zero-order valence-electron chi connectivity index (χ0n) is 18.1. The van der Waals surface area contributed by atoms with E-state index in [4.69, 9.17) is 0 Å². The van der Waals surface area contributed by atoms with E-state index in [0.29, 0.717) is 0 Å². The number of benzene rings is 1. The van der Waals surface area contributed by atoms with Crippen molar-refractivity contribution in [2.75, 3.05) is 0 Å². The van der Waals surface area contributed by atoms with Gasteiger partial charge in [-0.2, -0.15) is 0 Å². The Balaban J connectivity index is 1.39. The maximum atomic E-state index is 15.0. The molecule has 4 rings (SSSR count). The molecule has 1 heteroatoms. The van der Waals surface area contributed by atoms with Crippen LogP contribution in [0.5, 0.6) is 0 Å². The van der Waals surface area contributed by atoms with Crippen molar-refractivity contribution in [3.05, 3.63) is 46.8 Å². The SMILES string of the molecule is C/C=C/CCc1ccc2c(c1F)CCC(C1CCC3CC(CC)CCC3C1)C2. The van der Waals surface area contributed by atoms with Crippen molar-refractivity contribution < 1.29 is 4.39 Å². The van der Waals surface area contributed by atoms with Gasteiger partial charge in [-0.3, -0.25) is 0 Å². The van der Waals surface area contributed by atoms with Gasteiger partial charge < -0.3 is 0 Å². The van der Waals surface area contributed by atoms with E-state index in [1.165, 1.54) is 56.9 Å². The lowest BCUT2D eigenvalue weighted by Gasteiger charge is -2.45. The van der Waals surface area contributed by atoms with Crippen LogP contribution in [-0.4, -0.2) is 0 Å². The van der Waals surface area contributed by atoms with E-state index in [9.17, 15) is 0 Å². The van der Waals surface area contributed by atoms with Gasteiger partial charge >= 0.3 is 0 Å². The second kappa shape index (κ2) is 9.14. The molecule has 2 fully saturated rings. The number of hydrogen-bond acceptors (Lipinski definition) is 0. The Bertz CT molecular complexity index is 688. The van der Waals surface area contributed by atoms with Crippen LogP contribution in [0.25, 0.3) is 0 Å². The van der Waals surface area contributed by atoms with Gasteiger partial charge in [-0.15, -0.1) is 0 Å².